The zero-order chi connectivity index (χ0) is 15.4. The van der Waals surface area contributed by atoms with Crippen molar-refractivity contribution in [1.29, 1.82) is 0 Å². The SMILES string of the molecule is O=C(Nc1ccc(OC(F)F)c(Cl)c1)c1ccccc1Br. The molecule has 1 N–H and O–H groups in total. The molecule has 2 aromatic carbocycles. The number of nitrogens with one attached hydrogen (secondary N) is 1. The summed E-state index contributed by atoms with van der Waals surface area (Å²) >= 11 is 9.09. The van der Waals surface area contributed by atoms with Gasteiger partial charge < -0.3 is 10.1 Å². The summed E-state index contributed by atoms with van der Waals surface area (Å²) in [4.78, 5) is 12.1. The monoisotopic (exact) mass is 375 g/mol. The third-order valence-corrected chi connectivity index (χ3v) is 3.51. The molecule has 0 spiro atoms. The third kappa shape index (κ3) is 4.15. The molecule has 1 amide bonds. The van der Waals surface area contributed by atoms with Gasteiger partial charge in [-0.2, -0.15) is 8.78 Å². The van der Waals surface area contributed by atoms with E-state index in [1.165, 1.54) is 18.2 Å². The van der Waals surface area contributed by atoms with Crippen molar-refractivity contribution < 1.29 is 18.3 Å². The second-order valence-corrected chi connectivity index (χ2v) is 5.22. The van der Waals surface area contributed by atoms with E-state index in [1.807, 2.05) is 0 Å². The fourth-order valence-corrected chi connectivity index (χ4v) is 2.30. The maximum Gasteiger partial charge on any atom is 0.387 e. The third-order valence-electron chi connectivity index (χ3n) is 2.52. The lowest BCUT2D eigenvalue weighted by molar-refractivity contribution is -0.0497. The maximum absolute atomic E-state index is 12.1. The zero-order valence-electron chi connectivity index (χ0n) is 10.4. The van der Waals surface area contributed by atoms with Crippen molar-refractivity contribution in [2.24, 2.45) is 0 Å². The number of halogens is 4. The van der Waals surface area contributed by atoms with E-state index in [-0.39, 0.29) is 16.7 Å². The van der Waals surface area contributed by atoms with Crippen LogP contribution in [0.3, 0.4) is 0 Å². The minimum absolute atomic E-state index is 0.0137. The van der Waals surface area contributed by atoms with Gasteiger partial charge in [0.25, 0.3) is 5.91 Å². The Morgan fingerprint density at radius 3 is 2.57 bits per heavy atom. The Morgan fingerprint density at radius 2 is 1.95 bits per heavy atom. The molecule has 21 heavy (non-hydrogen) atoms. The molecule has 0 aliphatic carbocycles. The van der Waals surface area contributed by atoms with E-state index in [2.05, 4.69) is 26.0 Å². The molecule has 0 saturated carbocycles. The molecule has 0 radical (unpaired) electrons. The quantitative estimate of drug-likeness (QED) is 0.819. The summed E-state index contributed by atoms with van der Waals surface area (Å²) in [6.45, 7) is -2.96. The molecule has 3 nitrogen and oxygen atoms in total. The van der Waals surface area contributed by atoms with Gasteiger partial charge in [-0.15, -0.1) is 0 Å². The van der Waals surface area contributed by atoms with Crippen LogP contribution in [0, 0.1) is 0 Å². The molecule has 0 aliphatic rings. The van der Waals surface area contributed by atoms with Crippen LogP contribution in [0.25, 0.3) is 0 Å². The highest BCUT2D eigenvalue weighted by Crippen LogP contribution is 2.29. The van der Waals surface area contributed by atoms with Crippen LogP contribution in [0.5, 0.6) is 5.75 Å². The van der Waals surface area contributed by atoms with Crippen molar-refractivity contribution in [3.05, 3.63) is 57.5 Å². The first-order valence-electron chi connectivity index (χ1n) is 5.77. The van der Waals surface area contributed by atoms with Crippen molar-refractivity contribution in [3.8, 4) is 5.75 Å². The average Bonchev–Trinajstić information content (AvgIpc) is 2.42. The van der Waals surface area contributed by atoms with Gasteiger partial charge in [-0.3, -0.25) is 4.79 Å². The average molecular weight is 377 g/mol. The molecule has 2 rings (SSSR count). The minimum Gasteiger partial charge on any atom is -0.433 e. The smallest absolute Gasteiger partial charge is 0.387 e. The second kappa shape index (κ2) is 6.87. The Balaban J connectivity index is 2.15. The number of rotatable bonds is 4. The number of benzene rings is 2. The van der Waals surface area contributed by atoms with E-state index < -0.39 is 6.61 Å². The van der Waals surface area contributed by atoms with Crippen LogP contribution in [0.2, 0.25) is 5.02 Å². The van der Waals surface area contributed by atoms with Gasteiger partial charge in [0.1, 0.15) is 5.75 Å². The first-order valence-corrected chi connectivity index (χ1v) is 6.94. The van der Waals surface area contributed by atoms with Gasteiger partial charge in [0, 0.05) is 10.2 Å². The number of carbonyl (C=O) groups excluding carboxylic acids is 1. The molecule has 0 unspecified atom stereocenters. The first-order chi connectivity index (χ1) is 9.97. The molecular weight excluding hydrogens is 368 g/mol. The summed E-state index contributed by atoms with van der Waals surface area (Å²) in [6, 6.07) is 10.9. The first kappa shape index (κ1) is 15.7. The lowest BCUT2D eigenvalue weighted by Gasteiger charge is -2.10. The van der Waals surface area contributed by atoms with Crippen LogP contribution in [0.15, 0.2) is 46.9 Å². The van der Waals surface area contributed by atoms with Crippen LogP contribution in [-0.4, -0.2) is 12.5 Å². The molecule has 0 heterocycles. The number of hydrogen-bond donors (Lipinski definition) is 1. The number of alkyl halides is 2. The number of anilines is 1. The normalized spacial score (nSPS) is 10.5. The summed E-state index contributed by atoms with van der Waals surface area (Å²) in [7, 11) is 0. The van der Waals surface area contributed by atoms with E-state index >= 15 is 0 Å². The van der Waals surface area contributed by atoms with Crippen molar-refractivity contribution >= 4 is 39.1 Å². The molecule has 0 atom stereocenters. The second-order valence-electron chi connectivity index (χ2n) is 3.96. The van der Waals surface area contributed by atoms with Gasteiger partial charge in [-0.1, -0.05) is 23.7 Å². The Bertz CT molecular complexity index is 667. The summed E-state index contributed by atoms with van der Waals surface area (Å²) in [5.41, 5.74) is 0.823. The maximum atomic E-state index is 12.1. The molecule has 110 valence electrons. The molecule has 0 bridgehead atoms. The summed E-state index contributed by atoms with van der Waals surface area (Å²) in [5, 5.41) is 2.61. The van der Waals surface area contributed by atoms with Gasteiger partial charge in [-0.05, 0) is 46.3 Å². The molecule has 0 saturated heterocycles. The number of carbonyl (C=O) groups is 1. The standard InChI is InChI=1S/C14H9BrClF2NO2/c15-10-4-2-1-3-9(10)13(20)19-8-5-6-12(11(16)7-8)21-14(17)18/h1-7,14H,(H,19,20). The molecule has 0 aromatic heterocycles. The molecule has 7 heteroatoms. The Kier molecular flexibility index (Phi) is 5.14. The van der Waals surface area contributed by atoms with Gasteiger partial charge in [0.05, 0.1) is 10.6 Å². The van der Waals surface area contributed by atoms with Crippen LogP contribution in [0.1, 0.15) is 10.4 Å². The highest BCUT2D eigenvalue weighted by molar-refractivity contribution is 9.10. The lowest BCUT2D eigenvalue weighted by atomic mass is 10.2. The fraction of sp³-hybridized carbons (Fsp3) is 0.0714. The minimum atomic E-state index is -2.96. The largest absolute Gasteiger partial charge is 0.433 e. The predicted molar refractivity (Wildman–Crippen MR) is 80.2 cm³/mol. The van der Waals surface area contributed by atoms with Gasteiger partial charge in [0.15, 0.2) is 0 Å². The Labute approximate surface area is 133 Å². The van der Waals surface area contributed by atoms with E-state index in [0.29, 0.717) is 15.7 Å². The highest BCUT2D eigenvalue weighted by Gasteiger charge is 2.12. The van der Waals surface area contributed by atoms with E-state index in [4.69, 9.17) is 11.6 Å². The van der Waals surface area contributed by atoms with Gasteiger partial charge in [0.2, 0.25) is 0 Å². The summed E-state index contributed by atoms with van der Waals surface area (Å²) < 4.78 is 29.1. The molecule has 2 aromatic rings. The van der Waals surface area contributed by atoms with Crippen molar-refractivity contribution in [3.63, 3.8) is 0 Å². The Hall–Kier alpha value is -1.66. The summed E-state index contributed by atoms with van der Waals surface area (Å²) in [5.74, 6) is -0.494. The highest BCUT2D eigenvalue weighted by atomic mass is 79.9. The van der Waals surface area contributed by atoms with Crippen LogP contribution in [0.4, 0.5) is 14.5 Å². The lowest BCUT2D eigenvalue weighted by Crippen LogP contribution is -2.12. The number of ether oxygens (including phenoxy) is 1. The van der Waals surface area contributed by atoms with Crippen LogP contribution < -0.4 is 10.1 Å². The fourth-order valence-electron chi connectivity index (χ4n) is 1.61. The van der Waals surface area contributed by atoms with Crippen molar-refractivity contribution in [2.45, 2.75) is 6.61 Å². The molecule has 0 fully saturated rings. The molecule has 0 aliphatic heterocycles. The summed E-state index contributed by atoms with van der Waals surface area (Å²) in [6.07, 6.45) is 0. The predicted octanol–water partition coefficient (Wildman–Crippen LogP) is 4.96. The van der Waals surface area contributed by atoms with E-state index in [9.17, 15) is 13.6 Å². The van der Waals surface area contributed by atoms with Crippen LogP contribution >= 0.6 is 27.5 Å². The number of amides is 1. The van der Waals surface area contributed by atoms with Crippen molar-refractivity contribution in [1.82, 2.24) is 0 Å². The topological polar surface area (TPSA) is 38.3 Å². The van der Waals surface area contributed by atoms with Crippen molar-refractivity contribution in [2.75, 3.05) is 5.32 Å². The number of hydrogen-bond acceptors (Lipinski definition) is 2. The van der Waals surface area contributed by atoms with Crippen LogP contribution in [-0.2, 0) is 0 Å². The van der Waals surface area contributed by atoms with E-state index in [0.717, 1.165) is 0 Å². The molecular formula is C14H9BrClF2NO2. The Morgan fingerprint density at radius 1 is 1.24 bits per heavy atom. The zero-order valence-corrected chi connectivity index (χ0v) is 12.8. The van der Waals surface area contributed by atoms with Gasteiger partial charge >= 0.3 is 6.61 Å². The van der Waals surface area contributed by atoms with E-state index in [1.54, 1.807) is 24.3 Å². The van der Waals surface area contributed by atoms with Gasteiger partial charge in [-0.25, -0.2) is 0 Å².